The number of nitrogens with one attached hydrogen (secondary N) is 1. The van der Waals surface area contributed by atoms with Gasteiger partial charge in [0.05, 0.1) is 18.8 Å². The molecular weight excluding hydrogens is 244 g/mol. The molecule has 0 bridgehead atoms. The van der Waals surface area contributed by atoms with Crippen molar-refractivity contribution in [2.24, 2.45) is 0 Å². The lowest BCUT2D eigenvalue weighted by Crippen LogP contribution is -2.49. The van der Waals surface area contributed by atoms with Gasteiger partial charge < -0.3 is 15.2 Å². The molecule has 19 heavy (non-hydrogen) atoms. The number of aliphatic hydroxyl groups is 1. The van der Waals surface area contributed by atoms with Crippen LogP contribution in [0.5, 0.6) is 0 Å². The van der Waals surface area contributed by atoms with Gasteiger partial charge in [-0.3, -0.25) is 9.69 Å². The molecule has 2 unspecified atom stereocenters. The molecule has 0 radical (unpaired) electrons. The van der Waals surface area contributed by atoms with Crippen molar-refractivity contribution in [2.45, 2.75) is 57.2 Å². The van der Waals surface area contributed by atoms with Gasteiger partial charge in [0.15, 0.2) is 0 Å². The van der Waals surface area contributed by atoms with Crippen LogP contribution in [0.4, 0.5) is 0 Å². The number of hydrogen-bond acceptors (Lipinski definition) is 4. The summed E-state index contributed by atoms with van der Waals surface area (Å²) in [7, 11) is 3.41. The molecule has 0 aliphatic heterocycles. The SMILES string of the molecule is COCC(O)CN(C)C(C)C(=O)NC1CCCCC1. The molecule has 0 aromatic heterocycles. The van der Waals surface area contributed by atoms with Crippen molar-refractivity contribution in [1.82, 2.24) is 10.2 Å². The monoisotopic (exact) mass is 272 g/mol. The summed E-state index contributed by atoms with van der Waals surface area (Å²) in [6.07, 6.45) is 5.33. The third-order valence-electron chi connectivity index (χ3n) is 3.85. The van der Waals surface area contributed by atoms with Gasteiger partial charge in [-0.1, -0.05) is 19.3 Å². The molecule has 0 aromatic rings. The van der Waals surface area contributed by atoms with Crippen LogP contribution in [-0.4, -0.2) is 61.4 Å². The average Bonchev–Trinajstić information content (AvgIpc) is 2.39. The molecule has 5 heteroatoms. The van der Waals surface area contributed by atoms with Crippen LogP contribution in [0.3, 0.4) is 0 Å². The quantitative estimate of drug-likeness (QED) is 0.718. The normalized spacial score (nSPS) is 20.3. The van der Waals surface area contributed by atoms with E-state index in [0.29, 0.717) is 19.2 Å². The maximum absolute atomic E-state index is 12.1. The average molecular weight is 272 g/mol. The zero-order valence-corrected chi connectivity index (χ0v) is 12.4. The standard InChI is InChI=1S/C14H28N2O3/c1-11(16(2)9-13(17)10-19-3)14(18)15-12-7-5-4-6-8-12/h11-13,17H,4-10H2,1-3H3,(H,15,18). The lowest BCUT2D eigenvalue weighted by molar-refractivity contribution is -0.126. The van der Waals surface area contributed by atoms with E-state index in [-0.39, 0.29) is 11.9 Å². The second kappa shape index (κ2) is 8.51. The van der Waals surface area contributed by atoms with Crippen molar-refractivity contribution < 1.29 is 14.6 Å². The fraction of sp³-hybridized carbons (Fsp3) is 0.929. The van der Waals surface area contributed by atoms with Gasteiger partial charge in [-0.15, -0.1) is 0 Å². The predicted octanol–water partition coefficient (Wildman–Crippen LogP) is 0.763. The van der Waals surface area contributed by atoms with Gasteiger partial charge in [-0.2, -0.15) is 0 Å². The van der Waals surface area contributed by atoms with Crippen LogP contribution in [0.1, 0.15) is 39.0 Å². The van der Waals surface area contributed by atoms with Crippen molar-refractivity contribution in [1.29, 1.82) is 0 Å². The molecule has 1 rings (SSSR count). The summed E-state index contributed by atoms with van der Waals surface area (Å²) in [5, 5.41) is 12.8. The topological polar surface area (TPSA) is 61.8 Å². The second-order valence-electron chi connectivity index (χ2n) is 5.57. The molecule has 2 N–H and O–H groups in total. The molecule has 1 aliphatic carbocycles. The molecule has 1 amide bonds. The summed E-state index contributed by atoms with van der Waals surface area (Å²) >= 11 is 0. The first-order valence-corrected chi connectivity index (χ1v) is 7.22. The van der Waals surface area contributed by atoms with Crippen molar-refractivity contribution >= 4 is 5.91 Å². The molecule has 2 atom stereocenters. The number of aliphatic hydroxyl groups excluding tert-OH is 1. The first-order chi connectivity index (χ1) is 9.04. The van der Waals surface area contributed by atoms with Crippen molar-refractivity contribution in [3.63, 3.8) is 0 Å². The number of methoxy groups -OCH3 is 1. The molecule has 1 fully saturated rings. The fourth-order valence-electron chi connectivity index (χ4n) is 2.50. The van der Waals surface area contributed by atoms with Crippen LogP contribution in [0.15, 0.2) is 0 Å². The first-order valence-electron chi connectivity index (χ1n) is 7.22. The van der Waals surface area contributed by atoms with E-state index < -0.39 is 6.10 Å². The minimum absolute atomic E-state index is 0.0546. The second-order valence-corrected chi connectivity index (χ2v) is 5.57. The highest BCUT2D eigenvalue weighted by molar-refractivity contribution is 5.81. The van der Waals surface area contributed by atoms with Crippen LogP contribution < -0.4 is 5.32 Å². The van der Waals surface area contributed by atoms with E-state index in [9.17, 15) is 9.90 Å². The summed E-state index contributed by atoms with van der Waals surface area (Å²) in [5.41, 5.74) is 0. The highest BCUT2D eigenvalue weighted by Crippen LogP contribution is 2.17. The van der Waals surface area contributed by atoms with E-state index in [1.807, 2.05) is 18.9 Å². The zero-order chi connectivity index (χ0) is 14.3. The van der Waals surface area contributed by atoms with Gasteiger partial charge in [-0.05, 0) is 26.8 Å². The number of carbonyl (C=O) groups excluding carboxylic acids is 1. The third kappa shape index (κ3) is 5.89. The van der Waals surface area contributed by atoms with Gasteiger partial charge in [0, 0.05) is 19.7 Å². The number of amides is 1. The lowest BCUT2D eigenvalue weighted by atomic mass is 9.95. The minimum Gasteiger partial charge on any atom is -0.389 e. The molecule has 5 nitrogen and oxygen atoms in total. The predicted molar refractivity (Wildman–Crippen MR) is 75.0 cm³/mol. The zero-order valence-electron chi connectivity index (χ0n) is 12.4. The molecule has 0 saturated heterocycles. The minimum atomic E-state index is -0.556. The van der Waals surface area contributed by atoms with Crippen LogP contribution in [0, 0.1) is 0 Å². The first kappa shape index (κ1) is 16.4. The summed E-state index contributed by atoms with van der Waals surface area (Å²) < 4.78 is 4.89. The van der Waals surface area contributed by atoms with Gasteiger partial charge in [-0.25, -0.2) is 0 Å². The summed E-state index contributed by atoms with van der Waals surface area (Å²) in [6, 6.07) is 0.106. The Labute approximate surface area is 116 Å². The Bertz CT molecular complexity index is 267. The molecule has 112 valence electrons. The molecule has 0 heterocycles. The van der Waals surface area contributed by atoms with Crippen molar-refractivity contribution in [3.05, 3.63) is 0 Å². The Morgan fingerprint density at radius 3 is 2.63 bits per heavy atom. The number of rotatable bonds is 7. The van der Waals surface area contributed by atoms with Gasteiger partial charge in [0.1, 0.15) is 0 Å². The number of nitrogens with zero attached hydrogens (tertiary/aromatic N) is 1. The Hall–Kier alpha value is -0.650. The Balaban J connectivity index is 2.33. The van der Waals surface area contributed by atoms with Crippen LogP contribution in [0.2, 0.25) is 0 Å². The highest BCUT2D eigenvalue weighted by Gasteiger charge is 2.23. The highest BCUT2D eigenvalue weighted by atomic mass is 16.5. The van der Waals surface area contributed by atoms with Crippen molar-refractivity contribution in [3.8, 4) is 0 Å². The lowest BCUT2D eigenvalue weighted by Gasteiger charge is -2.29. The van der Waals surface area contributed by atoms with Crippen molar-refractivity contribution in [2.75, 3.05) is 27.3 Å². The molecule has 0 aromatic carbocycles. The molecule has 1 aliphatic rings. The van der Waals surface area contributed by atoms with Gasteiger partial charge >= 0.3 is 0 Å². The van der Waals surface area contributed by atoms with E-state index in [4.69, 9.17) is 4.74 Å². The van der Waals surface area contributed by atoms with Crippen LogP contribution in [-0.2, 0) is 9.53 Å². The van der Waals surface area contributed by atoms with E-state index in [2.05, 4.69) is 5.32 Å². The largest absolute Gasteiger partial charge is 0.389 e. The smallest absolute Gasteiger partial charge is 0.237 e. The van der Waals surface area contributed by atoms with Crippen LogP contribution >= 0.6 is 0 Å². The summed E-state index contributed by atoms with van der Waals surface area (Å²) in [5.74, 6) is 0.0546. The fourth-order valence-corrected chi connectivity index (χ4v) is 2.50. The maximum Gasteiger partial charge on any atom is 0.237 e. The third-order valence-corrected chi connectivity index (χ3v) is 3.85. The molecule has 1 saturated carbocycles. The Kier molecular flexibility index (Phi) is 7.34. The van der Waals surface area contributed by atoms with E-state index >= 15 is 0 Å². The van der Waals surface area contributed by atoms with Gasteiger partial charge in [0.2, 0.25) is 5.91 Å². The summed E-state index contributed by atoms with van der Waals surface area (Å²) in [6.45, 7) is 2.60. The number of ether oxygens (including phenoxy) is 1. The van der Waals surface area contributed by atoms with E-state index in [1.165, 1.54) is 19.3 Å². The summed E-state index contributed by atoms with van der Waals surface area (Å²) in [4.78, 5) is 14.0. The van der Waals surface area contributed by atoms with E-state index in [0.717, 1.165) is 12.8 Å². The van der Waals surface area contributed by atoms with Crippen LogP contribution in [0.25, 0.3) is 0 Å². The molecule has 0 spiro atoms. The number of carbonyl (C=O) groups is 1. The molecular formula is C14H28N2O3. The van der Waals surface area contributed by atoms with Gasteiger partial charge in [0.25, 0.3) is 0 Å². The Morgan fingerprint density at radius 2 is 2.05 bits per heavy atom. The van der Waals surface area contributed by atoms with E-state index in [1.54, 1.807) is 7.11 Å². The number of likely N-dealkylation sites (N-methyl/N-ethyl adjacent to an activating group) is 1. The maximum atomic E-state index is 12.1. The number of hydrogen-bond donors (Lipinski definition) is 2. The Morgan fingerprint density at radius 1 is 1.42 bits per heavy atom.